The largest absolute Gasteiger partial charge is 0.481 e. The van der Waals surface area contributed by atoms with Gasteiger partial charge in [0.25, 0.3) is 5.91 Å². The van der Waals surface area contributed by atoms with Crippen molar-refractivity contribution >= 4 is 29.0 Å². The van der Waals surface area contributed by atoms with Gasteiger partial charge in [-0.15, -0.1) is 0 Å². The third-order valence-electron chi connectivity index (χ3n) is 4.28. The summed E-state index contributed by atoms with van der Waals surface area (Å²) >= 11 is 6.07. The van der Waals surface area contributed by atoms with Crippen molar-refractivity contribution in [3.8, 4) is 5.75 Å². The maximum absolute atomic E-state index is 13.1. The monoisotopic (exact) mass is 411 g/mol. The molecule has 0 saturated heterocycles. The number of nitrogens with one attached hydrogen (secondary N) is 1. The van der Waals surface area contributed by atoms with Gasteiger partial charge in [0.1, 0.15) is 11.6 Å². The molecular formula is C23H19ClFNO3. The number of rotatable bonds is 7. The van der Waals surface area contributed by atoms with Crippen LogP contribution in [0.4, 0.5) is 10.1 Å². The van der Waals surface area contributed by atoms with Crippen molar-refractivity contribution in [1.29, 1.82) is 0 Å². The van der Waals surface area contributed by atoms with Gasteiger partial charge in [-0.1, -0.05) is 48.9 Å². The molecule has 1 atom stereocenters. The summed E-state index contributed by atoms with van der Waals surface area (Å²) in [7, 11) is 0. The minimum atomic E-state index is -0.809. The fourth-order valence-corrected chi connectivity index (χ4v) is 2.94. The summed E-state index contributed by atoms with van der Waals surface area (Å²) in [6.45, 7) is 1.80. The molecule has 0 unspecified atom stereocenters. The molecule has 1 N–H and O–H groups in total. The zero-order chi connectivity index (χ0) is 20.8. The number of anilines is 1. The average molecular weight is 412 g/mol. The lowest BCUT2D eigenvalue weighted by molar-refractivity contribution is -0.122. The number of hydrogen-bond donors (Lipinski definition) is 1. The molecule has 3 aromatic carbocycles. The average Bonchev–Trinajstić information content (AvgIpc) is 2.74. The predicted octanol–water partition coefficient (Wildman–Crippen LogP) is 5.51. The lowest BCUT2D eigenvalue weighted by Crippen LogP contribution is -2.33. The Morgan fingerprint density at radius 3 is 2.38 bits per heavy atom. The number of carbonyl (C=O) groups is 2. The smallest absolute Gasteiger partial charge is 0.265 e. The van der Waals surface area contributed by atoms with Crippen LogP contribution in [0.1, 0.15) is 29.3 Å². The van der Waals surface area contributed by atoms with Gasteiger partial charge in [0.05, 0.1) is 5.69 Å². The van der Waals surface area contributed by atoms with Crippen LogP contribution in [-0.4, -0.2) is 17.8 Å². The van der Waals surface area contributed by atoms with Crippen molar-refractivity contribution in [3.05, 3.63) is 94.8 Å². The van der Waals surface area contributed by atoms with Gasteiger partial charge in [0.15, 0.2) is 11.9 Å². The molecule has 0 aliphatic heterocycles. The molecule has 29 heavy (non-hydrogen) atoms. The van der Waals surface area contributed by atoms with Crippen molar-refractivity contribution in [1.82, 2.24) is 0 Å². The molecule has 6 heteroatoms. The van der Waals surface area contributed by atoms with Crippen LogP contribution >= 0.6 is 11.6 Å². The Balaban J connectivity index is 1.82. The lowest BCUT2D eigenvalue weighted by Gasteiger charge is -2.18. The zero-order valence-electron chi connectivity index (χ0n) is 15.7. The van der Waals surface area contributed by atoms with Crippen molar-refractivity contribution < 1.29 is 18.7 Å². The van der Waals surface area contributed by atoms with E-state index in [1.165, 1.54) is 30.3 Å². The first-order valence-corrected chi connectivity index (χ1v) is 9.48. The van der Waals surface area contributed by atoms with E-state index < -0.39 is 12.0 Å². The van der Waals surface area contributed by atoms with Crippen LogP contribution in [0.5, 0.6) is 5.75 Å². The van der Waals surface area contributed by atoms with Crippen LogP contribution in [0.15, 0.2) is 72.8 Å². The van der Waals surface area contributed by atoms with E-state index in [1.54, 1.807) is 43.3 Å². The molecule has 0 radical (unpaired) electrons. The van der Waals surface area contributed by atoms with Crippen molar-refractivity contribution in [3.63, 3.8) is 0 Å². The van der Waals surface area contributed by atoms with Gasteiger partial charge >= 0.3 is 0 Å². The molecular weight excluding hydrogens is 393 g/mol. The number of hydrogen-bond acceptors (Lipinski definition) is 3. The van der Waals surface area contributed by atoms with E-state index >= 15 is 0 Å². The second-order valence-corrected chi connectivity index (χ2v) is 6.78. The standard InChI is InChI=1S/C23H19ClFNO3/c1-2-21(29-18-11-9-17(25)10-12-18)23(28)26-20-13-8-16(24)14-19(20)22(27)15-6-4-3-5-7-15/h3-14,21H,2H2,1H3,(H,26,28)/t21-/m1/s1. The molecule has 3 rings (SSSR count). The normalized spacial score (nSPS) is 11.6. The molecule has 0 aliphatic carbocycles. The summed E-state index contributed by atoms with van der Waals surface area (Å²) in [5.41, 5.74) is 1.11. The van der Waals surface area contributed by atoms with Crippen molar-refractivity contribution in [2.24, 2.45) is 0 Å². The highest BCUT2D eigenvalue weighted by Crippen LogP contribution is 2.24. The molecule has 0 aliphatic rings. The highest BCUT2D eigenvalue weighted by molar-refractivity contribution is 6.31. The van der Waals surface area contributed by atoms with Crippen LogP contribution in [0.3, 0.4) is 0 Å². The van der Waals surface area contributed by atoms with Gasteiger partial charge in [-0.25, -0.2) is 4.39 Å². The summed E-state index contributed by atoms with van der Waals surface area (Å²) in [5.74, 6) is -0.678. The van der Waals surface area contributed by atoms with E-state index in [1.807, 2.05) is 6.07 Å². The third kappa shape index (κ3) is 5.21. The number of carbonyl (C=O) groups excluding carboxylic acids is 2. The van der Waals surface area contributed by atoms with Crippen molar-refractivity contribution in [2.45, 2.75) is 19.4 Å². The van der Waals surface area contributed by atoms with E-state index in [2.05, 4.69) is 5.32 Å². The maximum Gasteiger partial charge on any atom is 0.265 e. The number of halogens is 2. The summed E-state index contributed by atoms with van der Waals surface area (Å²) in [6, 6.07) is 18.9. The molecule has 0 aromatic heterocycles. The fraction of sp³-hybridized carbons (Fsp3) is 0.130. The Kier molecular flexibility index (Phi) is 6.62. The second kappa shape index (κ2) is 9.34. The Morgan fingerprint density at radius 1 is 1.03 bits per heavy atom. The Bertz CT molecular complexity index is 1010. The number of amides is 1. The summed E-state index contributed by atoms with van der Waals surface area (Å²) in [6.07, 6.45) is -0.422. The molecule has 148 valence electrons. The van der Waals surface area contributed by atoms with Gasteiger partial charge < -0.3 is 10.1 Å². The first kappa shape index (κ1) is 20.6. The van der Waals surface area contributed by atoms with Crippen LogP contribution < -0.4 is 10.1 Å². The van der Waals surface area contributed by atoms with E-state index in [4.69, 9.17) is 16.3 Å². The molecule has 1 amide bonds. The Hall–Kier alpha value is -3.18. The Morgan fingerprint density at radius 2 is 1.72 bits per heavy atom. The van der Waals surface area contributed by atoms with Crippen LogP contribution in [0, 0.1) is 5.82 Å². The summed E-state index contributed by atoms with van der Waals surface area (Å²) in [4.78, 5) is 25.6. The van der Waals surface area contributed by atoms with Gasteiger partial charge in [-0.05, 0) is 48.9 Å². The van der Waals surface area contributed by atoms with Crippen LogP contribution in [0.25, 0.3) is 0 Å². The van der Waals surface area contributed by atoms with Crippen LogP contribution in [-0.2, 0) is 4.79 Å². The van der Waals surface area contributed by atoms with Crippen molar-refractivity contribution in [2.75, 3.05) is 5.32 Å². The first-order chi connectivity index (χ1) is 14.0. The van der Waals surface area contributed by atoms with Gasteiger partial charge in [-0.2, -0.15) is 0 Å². The first-order valence-electron chi connectivity index (χ1n) is 9.10. The molecule has 4 nitrogen and oxygen atoms in total. The van der Waals surface area contributed by atoms with E-state index in [-0.39, 0.29) is 17.2 Å². The highest BCUT2D eigenvalue weighted by Gasteiger charge is 2.22. The molecule has 0 bridgehead atoms. The van der Waals surface area contributed by atoms with Gasteiger partial charge in [0.2, 0.25) is 0 Å². The van der Waals surface area contributed by atoms with Crippen LogP contribution in [0.2, 0.25) is 5.02 Å². The molecule has 0 saturated carbocycles. The second-order valence-electron chi connectivity index (χ2n) is 6.34. The summed E-state index contributed by atoms with van der Waals surface area (Å²) in [5, 5.41) is 3.14. The predicted molar refractivity (Wildman–Crippen MR) is 111 cm³/mol. The third-order valence-corrected chi connectivity index (χ3v) is 4.51. The minimum absolute atomic E-state index is 0.254. The number of ether oxygens (including phenoxy) is 1. The van der Waals surface area contributed by atoms with E-state index in [0.29, 0.717) is 28.4 Å². The molecule has 3 aromatic rings. The Labute approximate surface area is 173 Å². The minimum Gasteiger partial charge on any atom is -0.481 e. The number of benzene rings is 3. The summed E-state index contributed by atoms with van der Waals surface area (Å²) < 4.78 is 18.7. The highest BCUT2D eigenvalue weighted by atomic mass is 35.5. The zero-order valence-corrected chi connectivity index (χ0v) is 16.4. The fourth-order valence-electron chi connectivity index (χ4n) is 2.77. The molecule has 0 fully saturated rings. The van der Waals surface area contributed by atoms with E-state index in [0.717, 1.165) is 0 Å². The topological polar surface area (TPSA) is 55.4 Å². The van der Waals surface area contributed by atoms with Gasteiger partial charge in [0, 0.05) is 16.1 Å². The quantitative estimate of drug-likeness (QED) is 0.522. The SMILES string of the molecule is CC[C@@H](Oc1ccc(F)cc1)C(=O)Nc1ccc(Cl)cc1C(=O)c1ccccc1. The molecule has 0 heterocycles. The lowest BCUT2D eigenvalue weighted by atomic mass is 10.0. The van der Waals surface area contributed by atoms with E-state index in [9.17, 15) is 14.0 Å². The maximum atomic E-state index is 13.1. The number of ketones is 1. The molecule has 0 spiro atoms. The van der Waals surface area contributed by atoms with Gasteiger partial charge in [-0.3, -0.25) is 9.59 Å².